The maximum atomic E-state index is 15.4. The van der Waals surface area contributed by atoms with Crippen LogP contribution in [-0.2, 0) is 17.6 Å². The molecule has 0 saturated carbocycles. The molecule has 0 spiro atoms. The quantitative estimate of drug-likeness (QED) is 0.228. The summed E-state index contributed by atoms with van der Waals surface area (Å²) in [6.07, 6.45) is 2.88. The normalized spacial score (nSPS) is 14.7. The number of esters is 1. The number of fused-ring (bicyclic) bond motifs is 2. The van der Waals surface area contributed by atoms with E-state index in [0.29, 0.717) is 52.4 Å². The van der Waals surface area contributed by atoms with Gasteiger partial charge < -0.3 is 9.64 Å². The lowest BCUT2D eigenvalue weighted by molar-refractivity contribution is 0.0525. The Kier molecular flexibility index (Phi) is 7.08. The molecule has 5 aromatic rings. The summed E-state index contributed by atoms with van der Waals surface area (Å²) in [4.78, 5) is 37.6. The largest absolute Gasteiger partial charge is 0.462 e. The standard InChI is InChI=1S/C31H28FN5O3S/c1-4-21-15-27(30(38)36-12-10-28-22(18(36)3)11-13-41-28)34-29-16-26(35-37(21)29)23-8-6-19(14-24(23)32)25-9-7-20(17-33-25)31(39)40-5-2/h6-9,11,13-18H,4-5,10,12H2,1-3H3. The van der Waals surface area contributed by atoms with Crippen molar-refractivity contribution in [2.24, 2.45) is 0 Å². The molecule has 208 valence electrons. The van der Waals surface area contributed by atoms with E-state index in [2.05, 4.69) is 33.4 Å². The summed E-state index contributed by atoms with van der Waals surface area (Å²) >= 11 is 1.73. The lowest BCUT2D eigenvalue weighted by Crippen LogP contribution is -2.38. The minimum atomic E-state index is -0.467. The van der Waals surface area contributed by atoms with Crippen LogP contribution in [0, 0.1) is 5.82 Å². The summed E-state index contributed by atoms with van der Waals surface area (Å²) in [5.41, 5.74) is 5.01. The maximum Gasteiger partial charge on any atom is 0.339 e. The van der Waals surface area contributed by atoms with E-state index in [4.69, 9.17) is 4.74 Å². The number of benzene rings is 1. The third-order valence-corrected chi connectivity index (χ3v) is 8.43. The molecule has 0 aliphatic carbocycles. The fraction of sp³-hybridized carbons (Fsp3) is 0.258. The van der Waals surface area contributed by atoms with Gasteiger partial charge in [0.2, 0.25) is 0 Å². The van der Waals surface area contributed by atoms with E-state index in [1.165, 1.54) is 22.7 Å². The fourth-order valence-electron chi connectivity index (χ4n) is 5.25. The molecule has 1 aromatic carbocycles. The number of carbonyl (C=O) groups excluding carboxylic acids is 2. The molecule has 1 aliphatic heterocycles. The predicted molar refractivity (Wildman–Crippen MR) is 154 cm³/mol. The van der Waals surface area contributed by atoms with Crippen LogP contribution < -0.4 is 0 Å². The van der Waals surface area contributed by atoms with Crippen LogP contribution in [0.2, 0.25) is 0 Å². The van der Waals surface area contributed by atoms with E-state index >= 15 is 4.39 Å². The van der Waals surface area contributed by atoms with Crippen LogP contribution in [0.4, 0.5) is 4.39 Å². The van der Waals surface area contributed by atoms with E-state index in [-0.39, 0.29) is 18.6 Å². The maximum absolute atomic E-state index is 15.4. The van der Waals surface area contributed by atoms with Gasteiger partial charge in [-0.15, -0.1) is 11.3 Å². The molecule has 1 atom stereocenters. The van der Waals surface area contributed by atoms with Crippen molar-refractivity contribution >= 4 is 28.9 Å². The number of hydrogen-bond donors (Lipinski definition) is 0. The second-order valence-corrected chi connectivity index (χ2v) is 10.9. The molecule has 4 aromatic heterocycles. The molecule has 0 saturated heterocycles. The molecule has 8 nitrogen and oxygen atoms in total. The number of thiophene rings is 1. The minimum Gasteiger partial charge on any atom is -0.462 e. The molecule has 0 bridgehead atoms. The highest BCUT2D eigenvalue weighted by atomic mass is 32.1. The van der Waals surface area contributed by atoms with Crippen molar-refractivity contribution in [1.82, 2.24) is 24.5 Å². The van der Waals surface area contributed by atoms with Gasteiger partial charge in [0.1, 0.15) is 11.5 Å². The Balaban J connectivity index is 1.29. The van der Waals surface area contributed by atoms with Gasteiger partial charge in [-0.25, -0.2) is 18.7 Å². The molecule has 6 rings (SSSR count). The predicted octanol–water partition coefficient (Wildman–Crippen LogP) is 6.16. The number of ether oxygens (including phenoxy) is 1. The van der Waals surface area contributed by atoms with Crippen molar-refractivity contribution in [3.05, 3.63) is 93.3 Å². The molecule has 0 N–H and O–H groups in total. The first kappa shape index (κ1) is 26.8. The Morgan fingerprint density at radius 1 is 1.10 bits per heavy atom. The summed E-state index contributed by atoms with van der Waals surface area (Å²) in [5, 5.41) is 6.72. The Bertz CT molecular complexity index is 1780. The van der Waals surface area contributed by atoms with Crippen LogP contribution in [-0.4, -0.2) is 49.5 Å². The van der Waals surface area contributed by atoms with Gasteiger partial charge >= 0.3 is 5.97 Å². The first-order chi connectivity index (χ1) is 19.9. The van der Waals surface area contributed by atoms with Gasteiger partial charge in [0, 0.05) is 40.5 Å². The lowest BCUT2D eigenvalue weighted by atomic mass is 10.0. The SMILES string of the molecule is CCOC(=O)c1ccc(-c2ccc(-c3cc4nc(C(=O)N5CCc6sccc6C5C)cc(CC)n4n3)c(F)c2)nc1. The summed E-state index contributed by atoms with van der Waals surface area (Å²) in [7, 11) is 0. The second-order valence-electron chi connectivity index (χ2n) is 9.86. The van der Waals surface area contributed by atoms with Crippen LogP contribution in [0.1, 0.15) is 63.8 Å². The monoisotopic (exact) mass is 569 g/mol. The summed E-state index contributed by atoms with van der Waals surface area (Å²) in [5.74, 6) is -1.04. The van der Waals surface area contributed by atoms with Crippen LogP contribution >= 0.6 is 11.3 Å². The second kappa shape index (κ2) is 10.9. The molecule has 1 aliphatic rings. The molecule has 1 amide bonds. The van der Waals surface area contributed by atoms with Crippen molar-refractivity contribution in [3.8, 4) is 22.5 Å². The molecule has 0 radical (unpaired) electrons. The number of aryl methyl sites for hydroxylation is 1. The van der Waals surface area contributed by atoms with E-state index in [1.807, 2.05) is 11.8 Å². The van der Waals surface area contributed by atoms with E-state index in [1.54, 1.807) is 59.2 Å². The van der Waals surface area contributed by atoms with Gasteiger partial charge in [0.25, 0.3) is 5.91 Å². The fourth-order valence-corrected chi connectivity index (χ4v) is 6.21. The number of nitrogens with zero attached hydrogens (tertiary/aromatic N) is 5. The van der Waals surface area contributed by atoms with Crippen LogP contribution in [0.3, 0.4) is 0 Å². The van der Waals surface area contributed by atoms with Crippen molar-refractivity contribution in [2.75, 3.05) is 13.2 Å². The Morgan fingerprint density at radius 2 is 1.95 bits per heavy atom. The third kappa shape index (κ3) is 4.88. The zero-order chi connectivity index (χ0) is 28.7. The van der Waals surface area contributed by atoms with Crippen LogP contribution in [0.25, 0.3) is 28.2 Å². The highest BCUT2D eigenvalue weighted by Crippen LogP contribution is 2.34. The number of rotatable bonds is 6. The molecule has 41 heavy (non-hydrogen) atoms. The van der Waals surface area contributed by atoms with Gasteiger partial charge in [-0.2, -0.15) is 5.10 Å². The summed E-state index contributed by atoms with van der Waals surface area (Å²) in [6.45, 7) is 6.69. The number of hydrogen-bond acceptors (Lipinski definition) is 7. The van der Waals surface area contributed by atoms with Crippen molar-refractivity contribution < 1.29 is 18.7 Å². The number of halogens is 1. The molecular formula is C31H28FN5O3S. The van der Waals surface area contributed by atoms with Crippen molar-refractivity contribution in [1.29, 1.82) is 0 Å². The van der Waals surface area contributed by atoms with Crippen LogP contribution in [0.15, 0.2) is 60.1 Å². The first-order valence-corrected chi connectivity index (χ1v) is 14.5. The average molecular weight is 570 g/mol. The number of aromatic nitrogens is 4. The van der Waals surface area contributed by atoms with E-state index in [9.17, 15) is 9.59 Å². The van der Waals surface area contributed by atoms with Gasteiger partial charge in [-0.3, -0.25) is 9.78 Å². The van der Waals surface area contributed by atoms with Crippen molar-refractivity contribution in [2.45, 2.75) is 39.7 Å². The topological polar surface area (TPSA) is 89.7 Å². The van der Waals surface area contributed by atoms with E-state index in [0.717, 1.165) is 12.1 Å². The molecule has 10 heteroatoms. The van der Waals surface area contributed by atoms with E-state index < -0.39 is 11.8 Å². The number of pyridine rings is 1. The third-order valence-electron chi connectivity index (χ3n) is 7.44. The minimum absolute atomic E-state index is 0.0236. The average Bonchev–Trinajstić information content (AvgIpc) is 3.64. The van der Waals surface area contributed by atoms with Gasteiger partial charge in [0.15, 0.2) is 5.65 Å². The zero-order valence-corrected chi connectivity index (χ0v) is 23.7. The van der Waals surface area contributed by atoms with Gasteiger partial charge in [-0.05, 0) is 74.0 Å². The first-order valence-electron chi connectivity index (χ1n) is 13.6. The zero-order valence-electron chi connectivity index (χ0n) is 22.9. The Morgan fingerprint density at radius 3 is 2.68 bits per heavy atom. The highest BCUT2D eigenvalue weighted by molar-refractivity contribution is 7.10. The van der Waals surface area contributed by atoms with Crippen LogP contribution in [0.5, 0.6) is 0 Å². The van der Waals surface area contributed by atoms with Gasteiger partial charge in [-0.1, -0.05) is 13.0 Å². The smallest absolute Gasteiger partial charge is 0.339 e. The van der Waals surface area contributed by atoms with Crippen molar-refractivity contribution in [3.63, 3.8) is 0 Å². The van der Waals surface area contributed by atoms with Gasteiger partial charge in [0.05, 0.1) is 29.6 Å². The summed E-state index contributed by atoms with van der Waals surface area (Å²) < 4.78 is 22.1. The highest BCUT2D eigenvalue weighted by Gasteiger charge is 2.30. The molecule has 0 fully saturated rings. The Hall–Kier alpha value is -4.44. The Labute approximate surface area is 240 Å². The molecule has 1 unspecified atom stereocenters. The molecular weight excluding hydrogens is 541 g/mol. The lowest BCUT2D eigenvalue weighted by Gasteiger charge is -2.33. The summed E-state index contributed by atoms with van der Waals surface area (Å²) in [6, 6.07) is 13.6. The number of amides is 1. The number of carbonyl (C=O) groups is 2. The molecule has 5 heterocycles.